The van der Waals surface area contributed by atoms with E-state index in [9.17, 15) is 19.5 Å². The van der Waals surface area contributed by atoms with Crippen LogP contribution in [-0.4, -0.2) is 25.0 Å². The Morgan fingerprint density at radius 3 is 2.19 bits per heavy atom. The molecule has 0 saturated carbocycles. The number of aromatic nitrogens is 4. The molecule has 21 heavy (non-hydrogen) atoms. The van der Waals surface area contributed by atoms with Crippen LogP contribution in [0.4, 0.5) is 0 Å². The zero-order valence-corrected chi connectivity index (χ0v) is 11.3. The van der Waals surface area contributed by atoms with Crippen molar-refractivity contribution in [2.24, 2.45) is 0 Å². The number of hydrogen-bond donors (Lipinski definition) is 5. The van der Waals surface area contributed by atoms with Gasteiger partial charge in [-0.15, -0.1) is 0 Å². The largest absolute Gasteiger partial charge is 0.494 e. The second kappa shape index (κ2) is 5.59. The van der Waals surface area contributed by atoms with Crippen molar-refractivity contribution < 1.29 is 5.11 Å². The minimum absolute atomic E-state index is 0.0162. The van der Waals surface area contributed by atoms with Crippen LogP contribution < -0.4 is 27.4 Å². The molecule has 0 fully saturated rings. The zero-order chi connectivity index (χ0) is 15.6. The molecule has 0 aliphatic rings. The fourth-order valence-electron chi connectivity index (χ4n) is 1.57. The van der Waals surface area contributed by atoms with Crippen LogP contribution in [0.1, 0.15) is 5.56 Å². The second-order valence-electron chi connectivity index (χ2n) is 4.00. The molecule has 0 spiro atoms. The van der Waals surface area contributed by atoms with Crippen molar-refractivity contribution in [2.75, 3.05) is 0 Å². The molecule has 0 amide bonds. The van der Waals surface area contributed by atoms with Crippen LogP contribution in [0.5, 0.6) is 5.88 Å². The molecule has 0 bridgehead atoms. The molecule has 8 nitrogen and oxygen atoms in total. The van der Waals surface area contributed by atoms with E-state index in [0.29, 0.717) is 0 Å². The smallest absolute Gasteiger partial charge is 0.262 e. The van der Waals surface area contributed by atoms with Crippen LogP contribution in [0.15, 0.2) is 20.5 Å². The van der Waals surface area contributed by atoms with Gasteiger partial charge in [-0.1, -0.05) is 12.7 Å². The standard InChI is InChI=1S/C12H10N4O4S/c1-5-13-8(17)6(9(18)14-5)3-2-4-7-10(19)15-12(21)16-11(7)20/h2-4H,1H2,(H,13,17)(H,14,18)(H3,15,16,19,20,21)/b4-2+. The van der Waals surface area contributed by atoms with Gasteiger partial charge in [0.1, 0.15) is 10.7 Å². The molecule has 0 radical (unpaired) electrons. The number of allylic oxidation sites excluding steroid dienone is 1. The maximum Gasteiger partial charge on any atom is 0.262 e. The van der Waals surface area contributed by atoms with Crippen molar-refractivity contribution in [1.82, 2.24) is 19.9 Å². The molecule has 5 N–H and O–H groups in total. The van der Waals surface area contributed by atoms with E-state index in [1.165, 1.54) is 18.2 Å². The third kappa shape index (κ3) is 3.15. The predicted molar refractivity (Wildman–Crippen MR) is 79.9 cm³/mol. The molecule has 0 aliphatic carbocycles. The van der Waals surface area contributed by atoms with E-state index in [-0.39, 0.29) is 21.0 Å². The van der Waals surface area contributed by atoms with Crippen LogP contribution in [0.2, 0.25) is 0 Å². The first kappa shape index (κ1) is 14.5. The normalized spacial score (nSPS) is 10.9. The van der Waals surface area contributed by atoms with Gasteiger partial charge in [-0.3, -0.25) is 19.4 Å². The number of aromatic hydroxyl groups is 1. The minimum atomic E-state index is -0.612. The quantitative estimate of drug-likeness (QED) is 0.427. The first-order valence-corrected chi connectivity index (χ1v) is 6.05. The summed E-state index contributed by atoms with van der Waals surface area (Å²) >= 11 is 4.68. The molecule has 2 rings (SSSR count). The summed E-state index contributed by atoms with van der Waals surface area (Å²) in [6, 6.07) is 0. The highest BCUT2D eigenvalue weighted by Gasteiger charge is 2.02. The Labute approximate surface area is 120 Å². The molecule has 9 heteroatoms. The number of rotatable bonds is 2. The van der Waals surface area contributed by atoms with Crippen molar-refractivity contribution in [1.29, 1.82) is 0 Å². The van der Waals surface area contributed by atoms with Crippen LogP contribution >= 0.6 is 12.2 Å². The Morgan fingerprint density at radius 1 is 1.00 bits per heavy atom. The van der Waals surface area contributed by atoms with Crippen LogP contribution in [-0.2, 0) is 0 Å². The molecular formula is C12H10N4O4S. The van der Waals surface area contributed by atoms with Gasteiger partial charge in [0, 0.05) is 0 Å². The Morgan fingerprint density at radius 2 is 1.62 bits per heavy atom. The summed E-state index contributed by atoms with van der Waals surface area (Å²) < 4.78 is -0.0162. The third-order valence-corrected chi connectivity index (χ3v) is 2.71. The zero-order valence-electron chi connectivity index (χ0n) is 10.5. The van der Waals surface area contributed by atoms with Gasteiger partial charge < -0.3 is 20.1 Å². The van der Waals surface area contributed by atoms with E-state index >= 15 is 0 Å². The SMILES string of the molecule is C=c1[nH]c(=O)c(=C/C=C/c2c(O)[nH]c(=S)[nH]c2=O)c(=O)[nH]1. The number of H-pyrrole nitrogens is 4. The molecule has 2 aromatic rings. The van der Waals surface area contributed by atoms with Crippen LogP contribution in [0.25, 0.3) is 18.7 Å². The van der Waals surface area contributed by atoms with Crippen LogP contribution in [0.3, 0.4) is 0 Å². The summed E-state index contributed by atoms with van der Waals surface area (Å²) in [4.78, 5) is 44.0. The summed E-state index contributed by atoms with van der Waals surface area (Å²) in [6.45, 7) is 3.41. The van der Waals surface area contributed by atoms with Gasteiger partial charge >= 0.3 is 0 Å². The summed E-state index contributed by atoms with van der Waals surface area (Å²) in [6.07, 6.45) is 3.72. The maximum atomic E-state index is 11.6. The summed E-state index contributed by atoms with van der Waals surface area (Å²) in [5.41, 5.74) is -1.81. The average Bonchev–Trinajstić information content (AvgIpc) is 2.34. The van der Waals surface area contributed by atoms with E-state index in [1.54, 1.807) is 0 Å². The topological polar surface area (TPSA) is 135 Å². The van der Waals surface area contributed by atoms with E-state index in [1.807, 2.05) is 0 Å². The molecule has 2 aromatic heterocycles. The Balaban J connectivity index is 2.55. The van der Waals surface area contributed by atoms with Gasteiger partial charge in [0.05, 0.1) is 5.56 Å². The Kier molecular flexibility index (Phi) is 3.85. The van der Waals surface area contributed by atoms with Crippen molar-refractivity contribution in [2.45, 2.75) is 0 Å². The molecule has 2 heterocycles. The van der Waals surface area contributed by atoms with E-state index in [2.05, 4.69) is 38.7 Å². The first-order chi connectivity index (χ1) is 9.88. The predicted octanol–water partition coefficient (Wildman–Crippen LogP) is -1.58. The molecular weight excluding hydrogens is 296 g/mol. The van der Waals surface area contributed by atoms with Gasteiger partial charge in [-0.2, -0.15) is 0 Å². The molecule has 0 atom stereocenters. The Hall–Kier alpha value is -2.94. The van der Waals surface area contributed by atoms with Crippen molar-refractivity contribution in [3.8, 4) is 5.88 Å². The second-order valence-corrected chi connectivity index (χ2v) is 4.41. The maximum absolute atomic E-state index is 11.6. The van der Waals surface area contributed by atoms with Gasteiger partial charge in [-0.05, 0) is 24.4 Å². The van der Waals surface area contributed by atoms with E-state index < -0.39 is 22.6 Å². The van der Waals surface area contributed by atoms with E-state index in [4.69, 9.17) is 0 Å². The van der Waals surface area contributed by atoms with Crippen molar-refractivity contribution >= 4 is 30.9 Å². The third-order valence-electron chi connectivity index (χ3n) is 2.50. The molecule has 0 aliphatic heterocycles. The lowest BCUT2D eigenvalue weighted by atomic mass is 10.2. The van der Waals surface area contributed by atoms with Crippen LogP contribution in [0, 0.1) is 4.77 Å². The lowest BCUT2D eigenvalue weighted by Gasteiger charge is -1.96. The molecule has 0 unspecified atom stereocenters. The average molecular weight is 306 g/mol. The van der Waals surface area contributed by atoms with Gasteiger partial charge in [0.25, 0.3) is 16.7 Å². The highest BCUT2D eigenvalue weighted by molar-refractivity contribution is 7.71. The highest BCUT2D eigenvalue weighted by atomic mass is 32.1. The monoisotopic (exact) mass is 306 g/mol. The number of nitrogens with one attached hydrogen (secondary N) is 4. The minimum Gasteiger partial charge on any atom is -0.494 e. The fraction of sp³-hybridized carbons (Fsp3) is 0. The van der Waals surface area contributed by atoms with Gasteiger partial charge in [-0.25, -0.2) is 0 Å². The lowest BCUT2D eigenvalue weighted by molar-refractivity contribution is 0.448. The van der Waals surface area contributed by atoms with E-state index in [0.717, 1.165) is 0 Å². The summed E-state index contributed by atoms with van der Waals surface area (Å²) in [7, 11) is 0. The highest BCUT2D eigenvalue weighted by Crippen LogP contribution is 2.08. The van der Waals surface area contributed by atoms with Crippen molar-refractivity contribution in [3.63, 3.8) is 0 Å². The molecule has 0 aromatic carbocycles. The number of aromatic amines is 4. The molecule has 108 valence electrons. The number of hydrogen-bond acceptors (Lipinski definition) is 5. The van der Waals surface area contributed by atoms with Gasteiger partial charge in [0.2, 0.25) is 5.88 Å². The fourth-order valence-corrected chi connectivity index (χ4v) is 1.76. The van der Waals surface area contributed by atoms with Gasteiger partial charge in [0.15, 0.2) is 4.77 Å². The summed E-state index contributed by atoms with van der Waals surface area (Å²) in [5.74, 6) is -0.413. The molecule has 0 saturated heterocycles. The summed E-state index contributed by atoms with van der Waals surface area (Å²) in [5, 5.41) is 9.41. The Bertz CT molecular complexity index is 1020. The first-order valence-electron chi connectivity index (χ1n) is 5.64. The van der Waals surface area contributed by atoms with Crippen molar-refractivity contribution in [3.05, 3.63) is 58.2 Å². The lowest BCUT2D eigenvalue weighted by Crippen LogP contribution is -2.47.